The molecule has 0 saturated heterocycles. The number of aromatic nitrogens is 3. The summed E-state index contributed by atoms with van der Waals surface area (Å²) in [5.41, 5.74) is 2.54. The number of amides is 1. The highest BCUT2D eigenvalue weighted by Crippen LogP contribution is 2.34. The minimum atomic E-state index is -0.145. The molecule has 0 unspecified atom stereocenters. The van der Waals surface area contributed by atoms with Gasteiger partial charge in [-0.3, -0.25) is 9.69 Å². The summed E-state index contributed by atoms with van der Waals surface area (Å²) < 4.78 is 2.99. The van der Waals surface area contributed by atoms with Crippen molar-refractivity contribution in [3.8, 4) is 0 Å². The van der Waals surface area contributed by atoms with Crippen LogP contribution in [0.4, 0.5) is 5.13 Å². The van der Waals surface area contributed by atoms with E-state index in [0.717, 1.165) is 34.3 Å². The zero-order valence-corrected chi connectivity index (χ0v) is 20.4. The van der Waals surface area contributed by atoms with Gasteiger partial charge in [-0.2, -0.15) is 0 Å². The summed E-state index contributed by atoms with van der Waals surface area (Å²) in [6.45, 7) is 3.22. The number of benzene rings is 2. The molecule has 0 fully saturated rings. The Morgan fingerprint density at radius 2 is 2.00 bits per heavy atom. The Morgan fingerprint density at radius 1 is 1.19 bits per heavy atom. The van der Waals surface area contributed by atoms with Crippen LogP contribution in [0.1, 0.15) is 17.5 Å². The number of hydrogen-bond donors (Lipinski definition) is 0. The Hall–Kier alpha value is -2.38. The van der Waals surface area contributed by atoms with E-state index < -0.39 is 0 Å². The molecular formula is C23H21Cl3N4OS. The number of hydrogen-bond acceptors (Lipinski definition) is 4. The first kappa shape index (κ1) is 24.3. The Bertz CT molecular complexity index is 1240. The predicted molar refractivity (Wildman–Crippen MR) is 136 cm³/mol. The summed E-state index contributed by atoms with van der Waals surface area (Å²) in [4.78, 5) is 23.7. The van der Waals surface area contributed by atoms with Crippen molar-refractivity contribution in [1.82, 2.24) is 14.5 Å². The number of thiazole rings is 1. The normalized spacial score (nSPS) is 11.1. The third-order valence-corrected chi connectivity index (χ3v) is 6.70. The number of nitrogens with zero attached hydrogens (tertiary/aromatic N) is 4. The monoisotopic (exact) mass is 506 g/mol. The number of rotatable bonds is 7. The molecule has 0 atom stereocenters. The number of halogens is 3. The molecule has 166 valence electrons. The quantitative estimate of drug-likeness (QED) is 0.263. The molecule has 0 aliphatic heterocycles. The molecule has 2 aromatic carbocycles. The van der Waals surface area contributed by atoms with Crippen molar-refractivity contribution in [2.45, 2.75) is 19.9 Å². The van der Waals surface area contributed by atoms with Gasteiger partial charge in [0.1, 0.15) is 0 Å². The Kier molecular flexibility index (Phi) is 8.32. The van der Waals surface area contributed by atoms with E-state index in [1.807, 2.05) is 48.0 Å². The maximum absolute atomic E-state index is 13.2. The van der Waals surface area contributed by atoms with E-state index in [1.54, 1.807) is 35.6 Å². The molecule has 9 heteroatoms. The van der Waals surface area contributed by atoms with Gasteiger partial charge in [0.05, 0.1) is 16.5 Å². The lowest BCUT2D eigenvalue weighted by Crippen LogP contribution is -2.30. The lowest BCUT2D eigenvalue weighted by molar-refractivity contribution is -0.114. The van der Waals surface area contributed by atoms with Gasteiger partial charge in [0.2, 0.25) is 0 Å². The highest BCUT2D eigenvalue weighted by molar-refractivity contribution is 7.22. The first-order valence-electron chi connectivity index (χ1n) is 9.78. The van der Waals surface area contributed by atoms with Gasteiger partial charge in [-0.15, -0.1) is 12.4 Å². The van der Waals surface area contributed by atoms with Crippen LogP contribution in [0.2, 0.25) is 10.0 Å². The SMILES string of the molecule is Cc1c(Cl)ccc2sc(N(CCCn3ccnc3)C(=O)/C=C/c3ccccc3Cl)nc12.Cl. The van der Waals surface area contributed by atoms with Gasteiger partial charge in [-0.05, 0) is 48.7 Å². The van der Waals surface area contributed by atoms with Gasteiger partial charge in [0, 0.05) is 41.6 Å². The number of carbonyl (C=O) groups excluding carboxylic acids is 1. The molecule has 0 spiro atoms. The minimum absolute atomic E-state index is 0. The van der Waals surface area contributed by atoms with Crippen LogP contribution in [0.15, 0.2) is 61.2 Å². The van der Waals surface area contributed by atoms with Crippen molar-refractivity contribution in [2.24, 2.45) is 0 Å². The number of imidazole rings is 1. The van der Waals surface area contributed by atoms with Crippen molar-refractivity contribution in [1.29, 1.82) is 0 Å². The number of carbonyl (C=O) groups is 1. The van der Waals surface area contributed by atoms with Crippen molar-refractivity contribution in [3.63, 3.8) is 0 Å². The van der Waals surface area contributed by atoms with Crippen LogP contribution >= 0.6 is 46.9 Å². The maximum atomic E-state index is 13.2. The predicted octanol–water partition coefficient (Wildman–Crippen LogP) is 6.67. The van der Waals surface area contributed by atoms with Crippen LogP contribution in [0, 0.1) is 6.92 Å². The van der Waals surface area contributed by atoms with Crippen molar-refractivity contribution >= 4 is 74.3 Å². The fourth-order valence-corrected chi connectivity index (χ4v) is 4.60. The molecule has 1 amide bonds. The third-order valence-electron chi connectivity index (χ3n) is 4.90. The standard InChI is InChI=1S/C23H20Cl2N4OS.ClH/c1-16-18(24)8-9-20-22(16)27-23(31-20)29(13-4-12-28-14-11-26-15-28)21(30)10-7-17-5-2-3-6-19(17)25;/h2-3,5-11,14-15H,4,12-13H2,1H3;1H/b10-7+;. The third kappa shape index (κ3) is 5.51. The van der Waals surface area contributed by atoms with Gasteiger partial charge in [0.15, 0.2) is 5.13 Å². The lowest BCUT2D eigenvalue weighted by Gasteiger charge is -2.18. The Morgan fingerprint density at radius 3 is 2.75 bits per heavy atom. The summed E-state index contributed by atoms with van der Waals surface area (Å²) in [5, 5.41) is 1.92. The first-order chi connectivity index (χ1) is 15.0. The van der Waals surface area contributed by atoms with Crippen LogP contribution in [0.25, 0.3) is 16.3 Å². The number of anilines is 1. The molecule has 0 aliphatic rings. The summed E-state index contributed by atoms with van der Waals surface area (Å²) in [7, 11) is 0. The van der Waals surface area contributed by atoms with Crippen LogP contribution in [-0.2, 0) is 11.3 Å². The molecule has 4 aromatic rings. The van der Waals surface area contributed by atoms with Gasteiger partial charge < -0.3 is 4.57 Å². The minimum Gasteiger partial charge on any atom is -0.337 e. The zero-order chi connectivity index (χ0) is 21.8. The highest BCUT2D eigenvalue weighted by Gasteiger charge is 2.19. The summed E-state index contributed by atoms with van der Waals surface area (Å²) in [6, 6.07) is 11.2. The molecule has 0 aliphatic carbocycles. The summed E-state index contributed by atoms with van der Waals surface area (Å²) >= 11 is 14.0. The molecule has 0 N–H and O–H groups in total. The van der Waals surface area contributed by atoms with E-state index in [-0.39, 0.29) is 18.3 Å². The highest BCUT2D eigenvalue weighted by atomic mass is 35.5. The fourth-order valence-electron chi connectivity index (χ4n) is 3.20. The van der Waals surface area contributed by atoms with E-state index in [4.69, 9.17) is 28.2 Å². The molecule has 0 saturated carbocycles. The summed E-state index contributed by atoms with van der Waals surface area (Å²) in [5.74, 6) is -0.145. The Labute approximate surface area is 206 Å². The molecule has 2 aromatic heterocycles. The van der Waals surface area contributed by atoms with E-state index >= 15 is 0 Å². The fraction of sp³-hybridized carbons (Fsp3) is 0.174. The second-order valence-corrected chi connectivity index (χ2v) is 8.84. The van der Waals surface area contributed by atoms with Crippen LogP contribution in [-0.4, -0.2) is 27.0 Å². The summed E-state index contributed by atoms with van der Waals surface area (Å²) in [6.07, 6.45) is 9.47. The maximum Gasteiger partial charge on any atom is 0.252 e. The largest absolute Gasteiger partial charge is 0.337 e. The van der Waals surface area contributed by atoms with E-state index in [0.29, 0.717) is 21.7 Å². The average Bonchev–Trinajstić information content (AvgIpc) is 3.43. The smallest absolute Gasteiger partial charge is 0.252 e. The van der Waals surface area contributed by atoms with Crippen molar-refractivity contribution in [3.05, 3.63) is 82.4 Å². The lowest BCUT2D eigenvalue weighted by atomic mass is 10.2. The zero-order valence-electron chi connectivity index (χ0n) is 17.2. The van der Waals surface area contributed by atoms with Crippen LogP contribution in [0.5, 0.6) is 0 Å². The molecular weight excluding hydrogens is 487 g/mol. The topological polar surface area (TPSA) is 51.0 Å². The van der Waals surface area contributed by atoms with Gasteiger partial charge in [-0.1, -0.05) is 52.7 Å². The van der Waals surface area contributed by atoms with Crippen molar-refractivity contribution in [2.75, 3.05) is 11.4 Å². The number of fused-ring (bicyclic) bond motifs is 1. The van der Waals surface area contributed by atoms with E-state index in [9.17, 15) is 4.79 Å². The molecule has 0 bridgehead atoms. The van der Waals surface area contributed by atoms with E-state index in [1.165, 1.54) is 11.3 Å². The van der Waals surface area contributed by atoms with E-state index in [2.05, 4.69) is 4.98 Å². The first-order valence-corrected chi connectivity index (χ1v) is 11.4. The molecule has 5 nitrogen and oxygen atoms in total. The molecule has 2 heterocycles. The van der Waals surface area contributed by atoms with Gasteiger partial charge in [-0.25, -0.2) is 9.97 Å². The van der Waals surface area contributed by atoms with Crippen LogP contribution < -0.4 is 4.90 Å². The van der Waals surface area contributed by atoms with Gasteiger partial charge >= 0.3 is 0 Å². The van der Waals surface area contributed by atoms with Crippen molar-refractivity contribution < 1.29 is 4.79 Å². The molecule has 0 radical (unpaired) electrons. The van der Waals surface area contributed by atoms with Crippen LogP contribution in [0.3, 0.4) is 0 Å². The van der Waals surface area contributed by atoms with Gasteiger partial charge in [0.25, 0.3) is 5.91 Å². The second kappa shape index (κ2) is 11.0. The number of aryl methyl sites for hydroxylation is 2. The average molecular weight is 508 g/mol. The second-order valence-electron chi connectivity index (χ2n) is 7.01. The molecule has 4 rings (SSSR count). The molecule has 32 heavy (non-hydrogen) atoms. The Balaban J connectivity index is 0.00000289.